The first-order valence-electron chi connectivity index (χ1n) is 11.8. The van der Waals surface area contributed by atoms with Gasteiger partial charge in [-0.25, -0.2) is 0 Å². The lowest BCUT2D eigenvalue weighted by Crippen LogP contribution is -2.37. The Morgan fingerprint density at radius 3 is 2.32 bits per heavy atom. The molecule has 0 aromatic heterocycles. The van der Waals surface area contributed by atoms with Gasteiger partial charge in [-0.15, -0.1) is 0 Å². The van der Waals surface area contributed by atoms with Gasteiger partial charge in [-0.3, -0.25) is 9.59 Å². The minimum Gasteiger partial charge on any atom is -0.507 e. The van der Waals surface area contributed by atoms with Crippen molar-refractivity contribution in [1.29, 1.82) is 0 Å². The van der Waals surface area contributed by atoms with E-state index in [1.165, 1.54) is 0 Å². The van der Waals surface area contributed by atoms with Gasteiger partial charge < -0.3 is 19.5 Å². The summed E-state index contributed by atoms with van der Waals surface area (Å²) >= 11 is 0. The van der Waals surface area contributed by atoms with E-state index in [1.54, 1.807) is 31.3 Å². The maximum Gasteiger partial charge on any atom is 0.295 e. The summed E-state index contributed by atoms with van der Waals surface area (Å²) in [7, 11) is 3.19. The van der Waals surface area contributed by atoms with Gasteiger partial charge in [0.15, 0.2) is 0 Å². The topological polar surface area (TPSA) is 76.1 Å². The van der Waals surface area contributed by atoms with Gasteiger partial charge in [0, 0.05) is 17.2 Å². The molecule has 1 saturated carbocycles. The first-order chi connectivity index (χ1) is 16.2. The van der Waals surface area contributed by atoms with Gasteiger partial charge in [0.05, 0.1) is 25.8 Å². The molecule has 2 aliphatic rings. The molecule has 1 amide bonds. The second kappa shape index (κ2) is 9.16. The van der Waals surface area contributed by atoms with Gasteiger partial charge in [-0.1, -0.05) is 45.7 Å². The number of amides is 1. The molecule has 4 rings (SSSR count). The van der Waals surface area contributed by atoms with E-state index in [4.69, 9.17) is 9.47 Å². The van der Waals surface area contributed by atoms with Crippen molar-refractivity contribution < 1.29 is 24.2 Å². The number of carbonyl (C=O) groups excluding carboxylic acids is 2. The maximum absolute atomic E-state index is 13.4. The number of aliphatic hydroxyl groups excluding tert-OH is 1. The van der Waals surface area contributed by atoms with Crippen LogP contribution in [-0.2, 0) is 15.0 Å². The van der Waals surface area contributed by atoms with Crippen LogP contribution in [0, 0.1) is 0 Å². The highest BCUT2D eigenvalue weighted by Gasteiger charge is 2.49. The minimum atomic E-state index is -0.668. The van der Waals surface area contributed by atoms with Crippen molar-refractivity contribution >= 4 is 17.4 Å². The van der Waals surface area contributed by atoms with E-state index >= 15 is 0 Å². The largest absolute Gasteiger partial charge is 0.507 e. The predicted octanol–water partition coefficient (Wildman–Crippen LogP) is 5.37. The van der Waals surface area contributed by atoms with Crippen molar-refractivity contribution in [3.63, 3.8) is 0 Å². The van der Waals surface area contributed by atoms with E-state index in [1.807, 2.05) is 30.3 Å². The van der Waals surface area contributed by atoms with E-state index in [2.05, 4.69) is 20.8 Å². The highest BCUT2D eigenvalue weighted by atomic mass is 16.5. The number of likely N-dealkylation sites (tertiary alicyclic amines) is 1. The van der Waals surface area contributed by atoms with E-state index in [0.717, 1.165) is 36.8 Å². The quantitative estimate of drug-likeness (QED) is 0.367. The fourth-order valence-corrected chi connectivity index (χ4v) is 5.14. The number of ether oxygens (including phenoxy) is 2. The first-order valence-corrected chi connectivity index (χ1v) is 11.8. The fraction of sp³-hybridized carbons (Fsp3) is 0.429. The lowest BCUT2D eigenvalue weighted by molar-refractivity contribution is -0.141. The molecular formula is C28H33NO5. The zero-order chi connectivity index (χ0) is 24.6. The zero-order valence-corrected chi connectivity index (χ0v) is 20.6. The van der Waals surface area contributed by atoms with Gasteiger partial charge in [0.1, 0.15) is 17.3 Å². The average Bonchev–Trinajstić information content (AvgIpc) is 3.44. The SMILES string of the molecule is COc1cccc(C2/C(=C(/O)c3ccc(OC)c(C(C)(C)C)c3)C(=O)C(=O)N2C2CCCC2)c1. The molecule has 2 aromatic rings. The number of benzene rings is 2. The summed E-state index contributed by atoms with van der Waals surface area (Å²) in [6, 6.07) is 12.1. The first kappa shape index (κ1) is 23.9. The summed E-state index contributed by atoms with van der Waals surface area (Å²) in [6.07, 6.45) is 3.74. The normalized spacial score (nSPS) is 20.7. The Labute approximate surface area is 201 Å². The lowest BCUT2D eigenvalue weighted by atomic mass is 9.84. The molecule has 0 bridgehead atoms. The molecular weight excluding hydrogens is 430 g/mol. The predicted molar refractivity (Wildman–Crippen MR) is 131 cm³/mol. The van der Waals surface area contributed by atoms with Crippen LogP contribution >= 0.6 is 0 Å². The summed E-state index contributed by atoms with van der Waals surface area (Å²) < 4.78 is 10.9. The van der Waals surface area contributed by atoms with E-state index in [9.17, 15) is 14.7 Å². The van der Waals surface area contributed by atoms with Crippen LogP contribution in [0.1, 0.15) is 69.2 Å². The number of hydrogen-bond acceptors (Lipinski definition) is 5. The smallest absolute Gasteiger partial charge is 0.295 e. The maximum atomic E-state index is 13.4. The molecule has 34 heavy (non-hydrogen) atoms. The van der Waals surface area contributed by atoms with Crippen LogP contribution < -0.4 is 9.47 Å². The summed E-state index contributed by atoms with van der Waals surface area (Å²) in [6.45, 7) is 6.18. The Morgan fingerprint density at radius 2 is 1.71 bits per heavy atom. The summed E-state index contributed by atoms with van der Waals surface area (Å²) in [4.78, 5) is 28.3. The Morgan fingerprint density at radius 1 is 1.00 bits per heavy atom. The molecule has 1 saturated heterocycles. The van der Waals surface area contributed by atoms with Crippen molar-refractivity contribution in [2.24, 2.45) is 0 Å². The minimum absolute atomic E-state index is 0.0287. The second-order valence-corrected chi connectivity index (χ2v) is 10.1. The van der Waals surface area contributed by atoms with Crippen molar-refractivity contribution in [3.05, 3.63) is 64.7 Å². The molecule has 6 heteroatoms. The Balaban J connectivity index is 1.91. The Bertz CT molecular complexity index is 1140. The molecule has 180 valence electrons. The Hall–Kier alpha value is -3.28. The zero-order valence-electron chi connectivity index (χ0n) is 20.6. The molecule has 0 radical (unpaired) electrons. The number of carbonyl (C=O) groups is 2. The van der Waals surface area contributed by atoms with Crippen molar-refractivity contribution in [3.8, 4) is 11.5 Å². The van der Waals surface area contributed by atoms with Crippen LogP contribution in [0.3, 0.4) is 0 Å². The molecule has 1 aliphatic heterocycles. The second-order valence-electron chi connectivity index (χ2n) is 10.1. The van der Waals surface area contributed by atoms with Crippen LogP contribution in [0.4, 0.5) is 0 Å². The Kier molecular flexibility index (Phi) is 6.43. The third-order valence-corrected chi connectivity index (χ3v) is 6.89. The summed E-state index contributed by atoms with van der Waals surface area (Å²) in [5, 5.41) is 11.5. The van der Waals surface area contributed by atoms with Crippen molar-refractivity contribution in [2.45, 2.75) is 64.0 Å². The molecule has 2 aromatic carbocycles. The third kappa shape index (κ3) is 4.17. The number of rotatable bonds is 5. The molecule has 2 fully saturated rings. The molecule has 0 spiro atoms. The number of aliphatic hydroxyl groups is 1. The molecule has 6 nitrogen and oxygen atoms in total. The van der Waals surface area contributed by atoms with Gasteiger partial charge in [0.25, 0.3) is 11.7 Å². The van der Waals surface area contributed by atoms with Crippen molar-refractivity contribution in [2.75, 3.05) is 14.2 Å². The van der Waals surface area contributed by atoms with Crippen LogP contribution in [-0.4, -0.2) is 42.0 Å². The molecule has 1 heterocycles. The molecule has 1 unspecified atom stereocenters. The van der Waals surface area contributed by atoms with Crippen molar-refractivity contribution in [1.82, 2.24) is 4.90 Å². The van der Waals surface area contributed by atoms with Crippen LogP contribution in [0.5, 0.6) is 11.5 Å². The highest BCUT2D eigenvalue weighted by molar-refractivity contribution is 6.46. The lowest BCUT2D eigenvalue weighted by Gasteiger charge is -2.31. The highest BCUT2D eigenvalue weighted by Crippen LogP contribution is 2.44. The van der Waals surface area contributed by atoms with Gasteiger partial charge >= 0.3 is 0 Å². The standard InChI is InChI=1S/C28H33NO5/c1-28(2,3)21-16-18(13-14-22(21)34-5)25(30)23-24(17-9-8-12-20(15-17)33-4)29(27(32)26(23)31)19-10-6-7-11-19/h8-9,12-16,19,24,30H,6-7,10-11H2,1-5H3/b25-23-. The van der Waals surface area contributed by atoms with Gasteiger partial charge in [-0.2, -0.15) is 0 Å². The number of nitrogens with zero attached hydrogens (tertiary/aromatic N) is 1. The van der Waals surface area contributed by atoms with Crippen LogP contribution in [0.25, 0.3) is 5.76 Å². The number of methoxy groups -OCH3 is 2. The van der Waals surface area contributed by atoms with E-state index in [0.29, 0.717) is 17.1 Å². The van der Waals surface area contributed by atoms with Crippen LogP contribution in [0.2, 0.25) is 0 Å². The summed E-state index contributed by atoms with van der Waals surface area (Å²) in [5.74, 6) is -0.0234. The van der Waals surface area contributed by atoms with Crippen LogP contribution in [0.15, 0.2) is 48.0 Å². The van der Waals surface area contributed by atoms with E-state index < -0.39 is 17.7 Å². The monoisotopic (exact) mass is 463 g/mol. The fourth-order valence-electron chi connectivity index (χ4n) is 5.14. The molecule has 1 atom stereocenters. The van der Waals surface area contributed by atoms with Gasteiger partial charge in [-0.05, 0) is 54.2 Å². The van der Waals surface area contributed by atoms with Gasteiger partial charge in [0.2, 0.25) is 0 Å². The molecule has 1 aliphatic carbocycles. The third-order valence-electron chi connectivity index (χ3n) is 6.89. The number of ketones is 1. The summed E-state index contributed by atoms with van der Waals surface area (Å²) in [5.41, 5.74) is 2.01. The van der Waals surface area contributed by atoms with E-state index in [-0.39, 0.29) is 22.8 Å². The average molecular weight is 464 g/mol. The number of hydrogen-bond donors (Lipinski definition) is 1. The number of Topliss-reactive ketones (excluding diaryl/α,β-unsaturated/α-hetero) is 1. The molecule has 1 N–H and O–H groups in total.